The highest BCUT2D eigenvalue weighted by Crippen LogP contribution is 2.24. The summed E-state index contributed by atoms with van der Waals surface area (Å²) in [5.41, 5.74) is 1.23. The molecule has 4 heteroatoms. The lowest BCUT2D eigenvalue weighted by atomic mass is 10.2. The van der Waals surface area contributed by atoms with Crippen LogP contribution in [0.2, 0.25) is 0 Å². The molecule has 1 aliphatic heterocycles. The summed E-state index contributed by atoms with van der Waals surface area (Å²) < 4.78 is 11.6. The number of benzene rings is 2. The van der Waals surface area contributed by atoms with Crippen LogP contribution in [0.1, 0.15) is 18.4 Å². The van der Waals surface area contributed by atoms with Gasteiger partial charge >= 0.3 is 0 Å². The van der Waals surface area contributed by atoms with Crippen LogP contribution in [0.5, 0.6) is 17.2 Å². The maximum atomic E-state index is 5.80. The van der Waals surface area contributed by atoms with E-state index in [1.165, 1.54) is 18.4 Å². The average Bonchev–Trinajstić information content (AvgIpc) is 3.02. The first kappa shape index (κ1) is 16.7. The second-order valence-electron chi connectivity index (χ2n) is 5.49. The maximum Gasteiger partial charge on any atom is 0.127 e. The molecule has 118 valence electrons. The number of aryl methyl sites for hydroxylation is 1. The zero-order chi connectivity index (χ0) is 14.5. The van der Waals surface area contributed by atoms with E-state index in [9.17, 15) is 0 Å². The Morgan fingerprint density at radius 3 is 2.14 bits per heavy atom. The van der Waals surface area contributed by atoms with Crippen molar-refractivity contribution in [1.82, 2.24) is 5.32 Å². The molecule has 3 rings (SSSR count). The van der Waals surface area contributed by atoms with Gasteiger partial charge in [-0.2, -0.15) is 0 Å². The van der Waals surface area contributed by atoms with Crippen LogP contribution in [0.25, 0.3) is 0 Å². The van der Waals surface area contributed by atoms with Gasteiger partial charge in [-0.25, -0.2) is 0 Å². The van der Waals surface area contributed by atoms with E-state index in [2.05, 4.69) is 12.2 Å². The van der Waals surface area contributed by atoms with Gasteiger partial charge in [0.2, 0.25) is 0 Å². The summed E-state index contributed by atoms with van der Waals surface area (Å²) in [5, 5.41) is 3.43. The fourth-order valence-electron chi connectivity index (χ4n) is 2.44. The number of hydrogen-bond acceptors (Lipinski definition) is 3. The largest absolute Gasteiger partial charge is 0.492 e. The fraction of sp³-hybridized carbons (Fsp3) is 0.333. The van der Waals surface area contributed by atoms with Crippen LogP contribution in [-0.4, -0.2) is 19.2 Å². The summed E-state index contributed by atoms with van der Waals surface area (Å²) in [6, 6.07) is 16.3. The first-order chi connectivity index (χ1) is 10.3. The number of halogens is 1. The molecule has 0 unspecified atom stereocenters. The SMILES string of the molecule is Cc1ccc(Oc2ccc(OC[C@@H]3CCCN3)cc2)cc1.Cl. The van der Waals surface area contributed by atoms with Gasteiger partial charge in [0.1, 0.15) is 23.9 Å². The van der Waals surface area contributed by atoms with Crippen molar-refractivity contribution in [1.29, 1.82) is 0 Å². The van der Waals surface area contributed by atoms with E-state index in [1.807, 2.05) is 48.5 Å². The van der Waals surface area contributed by atoms with Crippen molar-refractivity contribution in [2.45, 2.75) is 25.8 Å². The summed E-state index contributed by atoms with van der Waals surface area (Å²) in [5.74, 6) is 2.56. The molecule has 22 heavy (non-hydrogen) atoms. The van der Waals surface area contributed by atoms with Crippen molar-refractivity contribution in [2.24, 2.45) is 0 Å². The Morgan fingerprint density at radius 2 is 1.55 bits per heavy atom. The van der Waals surface area contributed by atoms with Crippen LogP contribution in [0.15, 0.2) is 48.5 Å². The Labute approximate surface area is 138 Å². The molecular weight excluding hydrogens is 298 g/mol. The normalized spacial score (nSPS) is 16.9. The van der Waals surface area contributed by atoms with Gasteiger partial charge < -0.3 is 14.8 Å². The fourth-order valence-corrected chi connectivity index (χ4v) is 2.44. The predicted molar refractivity (Wildman–Crippen MR) is 91.5 cm³/mol. The summed E-state index contributed by atoms with van der Waals surface area (Å²) >= 11 is 0. The minimum Gasteiger partial charge on any atom is -0.492 e. The van der Waals surface area contributed by atoms with Crippen LogP contribution < -0.4 is 14.8 Å². The van der Waals surface area contributed by atoms with Crippen LogP contribution in [-0.2, 0) is 0 Å². The predicted octanol–water partition coefficient (Wildman–Crippen LogP) is 4.34. The van der Waals surface area contributed by atoms with Crippen LogP contribution in [0.4, 0.5) is 0 Å². The second kappa shape index (κ2) is 8.06. The van der Waals surface area contributed by atoms with Crippen molar-refractivity contribution in [3.05, 3.63) is 54.1 Å². The van der Waals surface area contributed by atoms with Gasteiger partial charge in [0, 0.05) is 6.04 Å². The van der Waals surface area contributed by atoms with Crippen molar-refractivity contribution in [3.8, 4) is 17.2 Å². The number of nitrogens with one attached hydrogen (secondary N) is 1. The van der Waals surface area contributed by atoms with Gasteiger partial charge in [-0.3, -0.25) is 0 Å². The molecule has 0 aliphatic carbocycles. The first-order valence-corrected chi connectivity index (χ1v) is 7.50. The molecule has 0 radical (unpaired) electrons. The zero-order valence-corrected chi connectivity index (χ0v) is 13.6. The van der Waals surface area contributed by atoms with E-state index >= 15 is 0 Å². The van der Waals surface area contributed by atoms with E-state index in [-0.39, 0.29) is 12.4 Å². The lowest BCUT2D eigenvalue weighted by Crippen LogP contribution is -2.28. The van der Waals surface area contributed by atoms with Crippen molar-refractivity contribution in [2.75, 3.05) is 13.2 Å². The Morgan fingerprint density at radius 1 is 0.955 bits per heavy atom. The summed E-state index contributed by atoms with van der Waals surface area (Å²) in [6.45, 7) is 3.91. The molecule has 0 amide bonds. The van der Waals surface area contributed by atoms with E-state index in [0.29, 0.717) is 6.04 Å². The molecule has 0 spiro atoms. The third-order valence-corrected chi connectivity index (χ3v) is 3.69. The number of ether oxygens (including phenoxy) is 2. The molecule has 1 atom stereocenters. The molecule has 0 aromatic heterocycles. The smallest absolute Gasteiger partial charge is 0.127 e. The monoisotopic (exact) mass is 319 g/mol. The summed E-state index contributed by atoms with van der Waals surface area (Å²) in [6.07, 6.45) is 2.45. The molecule has 0 saturated carbocycles. The molecule has 1 heterocycles. The number of hydrogen-bond donors (Lipinski definition) is 1. The van der Waals surface area contributed by atoms with Crippen LogP contribution in [0, 0.1) is 6.92 Å². The maximum absolute atomic E-state index is 5.80. The Bertz CT molecular complexity index is 563. The molecule has 2 aromatic rings. The van der Waals surface area contributed by atoms with E-state index in [1.54, 1.807) is 0 Å². The average molecular weight is 320 g/mol. The van der Waals surface area contributed by atoms with E-state index in [0.717, 1.165) is 30.4 Å². The number of rotatable bonds is 5. The third-order valence-electron chi connectivity index (χ3n) is 3.69. The topological polar surface area (TPSA) is 30.5 Å². The summed E-state index contributed by atoms with van der Waals surface area (Å²) in [4.78, 5) is 0. The van der Waals surface area contributed by atoms with Gasteiger partial charge in [-0.15, -0.1) is 12.4 Å². The van der Waals surface area contributed by atoms with Crippen LogP contribution >= 0.6 is 12.4 Å². The highest BCUT2D eigenvalue weighted by Gasteiger charge is 2.14. The molecule has 3 nitrogen and oxygen atoms in total. The van der Waals surface area contributed by atoms with Crippen molar-refractivity contribution < 1.29 is 9.47 Å². The molecule has 1 fully saturated rings. The van der Waals surface area contributed by atoms with Gasteiger partial charge in [-0.1, -0.05) is 17.7 Å². The lowest BCUT2D eigenvalue weighted by molar-refractivity contribution is 0.277. The Kier molecular flexibility index (Phi) is 6.10. The Balaban J connectivity index is 0.00000176. The lowest BCUT2D eigenvalue weighted by Gasteiger charge is -2.12. The van der Waals surface area contributed by atoms with Crippen molar-refractivity contribution in [3.63, 3.8) is 0 Å². The van der Waals surface area contributed by atoms with Gasteiger partial charge in [0.05, 0.1) is 0 Å². The quantitative estimate of drug-likeness (QED) is 0.889. The highest BCUT2D eigenvalue weighted by atomic mass is 35.5. The standard InChI is InChI=1S/C18H21NO2.ClH/c1-14-4-6-17(7-5-14)21-18-10-8-16(9-11-18)20-13-15-3-2-12-19-15;/h4-11,15,19H,2-3,12-13H2,1H3;1H/t15-;/m0./s1. The molecule has 0 bridgehead atoms. The summed E-state index contributed by atoms with van der Waals surface area (Å²) in [7, 11) is 0. The van der Waals surface area contributed by atoms with Gasteiger partial charge in [-0.05, 0) is 62.7 Å². The zero-order valence-electron chi connectivity index (χ0n) is 12.7. The minimum absolute atomic E-state index is 0. The highest BCUT2D eigenvalue weighted by molar-refractivity contribution is 5.85. The third kappa shape index (κ3) is 4.65. The van der Waals surface area contributed by atoms with E-state index in [4.69, 9.17) is 9.47 Å². The van der Waals surface area contributed by atoms with E-state index < -0.39 is 0 Å². The molecule has 1 N–H and O–H groups in total. The van der Waals surface area contributed by atoms with Gasteiger partial charge in [0.25, 0.3) is 0 Å². The van der Waals surface area contributed by atoms with Gasteiger partial charge in [0.15, 0.2) is 0 Å². The molecule has 1 saturated heterocycles. The minimum atomic E-state index is 0. The first-order valence-electron chi connectivity index (χ1n) is 7.50. The molecule has 2 aromatic carbocycles. The second-order valence-corrected chi connectivity index (χ2v) is 5.49. The Hall–Kier alpha value is -1.71. The molecule has 1 aliphatic rings. The van der Waals surface area contributed by atoms with Crippen LogP contribution in [0.3, 0.4) is 0 Å². The van der Waals surface area contributed by atoms with Crippen molar-refractivity contribution >= 4 is 12.4 Å². The molecular formula is C18H22ClNO2.